The highest BCUT2D eigenvalue weighted by atomic mass is 16.2. The van der Waals surface area contributed by atoms with Gasteiger partial charge in [0, 0.05) is 18.2 Å². The lowest BCUT2D eigenvalue weighted by atomic mass is 10.1. The molecule has 1 aromatic carbocycles. The molecule has 4 nitrogen and oxygen atoms in total. The first-order valence-corrected chi connectivity index (χ1v) is 6.01. The Labute approximate surface area is 106 Å². The summed E-state index contributed by atoms with van der Waals surface area (Å²) >= 11 is 0. The number of hydrogen-bond donors (Lipinski definition) is 3. The van der Waals surface area contributed by atoms with Gasteiger partial charge in [0.25, 0.3) is 0 Å². The average Bonchev–Trinajstić information content (AvgIpc) is 3.19. The third kappa shape index (κ3) is 4.11. The van der Waals surface area contributed by atoms with Crippen molar-refractivity contribution in [1.29, 1.82) is 0 Å². The standard InChI is InChI=1S/C14H16N2O2/c17-9-1-2-11-3-5-12(6-4-11)10-15-14(18)16-13-7-8-13/h3-6,13,17H,7-10H2,(H2,15,16,18). The van der Waals surface area contributed by atoms with E-state index in [9.17, 15) is 4.79 Å². The predicted molar refractivity (Wildman–Crippen MR) is 68.8 cm³/mol. The highest BCUT2D eigenvalue weighted by molar-refractivity contribution is 5.74. The van der Waals surface area contributed by atoms with E-state index in [1.54, 1.807) is 0 Å². The van der Waals surface area contributed by atoms with Gasteiger partial charge >= 0.3 is 6.03 Å². The van der Waals surface area contributed by atoms with Crippen LogP contribution in [-0.4, -0.2) is 23.8 Å². The quantitative estimate of drug-likeness (QED) is 0.694. The Morgan fingerprint density at radius 2 is 2.06 bits per heavy atom. The summed E-state index contributed by atoms with van der Waals surface area (Å²) in [6.45, 7) is 0.372. The molecule has 1 aromatic rings. The molecule has 0 saturated heterocycles. The van der Waals surface area contributed by atoms with Gasteiger partial charge in [-0.05, 0) is 30.5 Å². The molecular weight excluding hydrogens is 228 g/mol. The minimum atomic E-state index is -0.134. The largest absolute Gasteiger partial charge is 0.384 e. The van der Waals surface area contributed by atoms with Gasteiger partial charge in [0.05, 0.1) is 0 Å². The molecule has 0 aromatic heterocycles. The normalized spacial score (nSPS) is 13.4. The zero-order valence-electron chi connectivity index (χ0n) is 10.1. The molecule has 2 rings (SSSR count). The highest BCUT2D eigenvalue weighted by Gasteiger charge is 2.22. The van der Waals surface area contributed by atoms with Gasteiger partial charge in [0.15, 0.2) is 0 Å². The lowest BCUT2D eigenvalue weighted by Gasteiger charge is -2.06. The number of hydrogen-bond acceptors (Lipinski definition) is 2. The van der Waals surface area contributed by atoms with Gasteiger partial charge in [-0.2, -0.15) is 0 Å². The van der Waals surface area contributed by atoms with E-state index in [0.717, 1.165) is 24.0 Å². The summed E-state index contributed by atoms with van der Waals surface area (Å²) in [4.78, 5) is 11.4. The van der Waals surface area contributed by atoms with E-state index in [1.165, 1.54) is 0 Å². The van der Waals surface area contributed by atoms with E-state index >= 15 is 0 Å². The van der Waals surface area contributed by atoms with Gasteiger partial charge in [0.2, 0.25) is 0 Å². The van der Waals surface area contributed by atoms with Crippen molar-refractivity contribution in [2.24, 2.45) is 0 Å². The van der Waals surface area contributed by atoms with E-state index in [2.05, 4.69) is 22.5 Å². The van der Waals surface area contributed by atoms with Gasteiger partial charge in [-0.3, -0.25) is 0 Å². The van der Waals surface area contributed by atoms with Crippen LogP contribution in [0.1, 0.15) is 24.0 Å². The summed E-state index contributed by atoms with van der Waals surface area (Å²) in [7, 11) is 0. The van der Waals surface area contributed by atoms with Crippen molar-refractivity contribution in [2.75, 3.05) is 6.61 Å². The molecule has 3 N–H and O–H groups in total. The number of rotatable bonds is 3. The lowest BCUT2D eigenvalue weighted by Crippen LogP contribution is -2.36. The second-order valence-electron chi connectivity index (χ2n) is 4.26. The summed E-state index contributed by atoms with van der Waals surface area (Å²) in [6.07, 6.45) is 2.18. The molecule has 0 atom stereocenters. The van der Waals surface area contributed by atoms with Crippen LogP contribution in [0.3, 0.4) is 0 Å². The number of carbonyl (C=O) groups is 1. The van der Waals surface area contributed by atoms with Crippen LogP contribution in [0, 0.1) is 11.8 Å². The van der Waals surface area contributed by atoms with Crippen LogP contribution in [-0.2, 0) is 6.54 Å². The molecule has 1 aliphatic carbocycles. The third-order valence-corrected chi connectivity index (χ3v) is 2.63. The number of urea groups is 1. The fourth-order valence-electron chi connectivity index (χ4n) is 1.49. The molecular formula is C14H16N2O2. The summed E-state index contributed by atoms with van der Waals surface area (Å²) < 4.78 is 0. The number of benzene rings is 1. The second-order valence-corrected chi connectivity index (χ2v) is 4.26. The van der Waals surface area contributed by atoms with Crippen LogP contribution in [0.15, 0.2) is 24.3 Å². The maximum absolute atomic E-state index is 11.4. The van der Waals surface area contributed by atoms with Gasteiger partial charge in [-0.1, -0.05) is 24.0 Å². The fourth-order valence-corrected chi connectivity index (χ4v) is 1.49. The Morgan fingerprint density at radius 1 is 1.33 bits per heavy atom. The highest BCUT2D eigenvalue weighted by Crippen LogP contribution is 2.18. The molecule has 0 aliphatic heterocycles. The van der Waals surface area contributed by atoms with Gasteiger partial charge in [-0.25, -0.2) is 4.79 Å². The first-order valence-electron chi connectivity index (χ1n) is 6.01. The van der Waals surface area contributed by atoms with Crippen LogP contribution in [0.2, 0.25) is 0 Å². The second kappa shape index (κ2) is 6.08. The zero-order chi connectivity index (χ0) is 12.8. The van der Waals surface area contributed by atoms with Crippen LogP contribution in [0.25, 0.3) is 0 Å². The molecule has 0 bridgehead atoms. The van der Waals surface area contributed by atoms with E-state index in [0.29, 0.717) is 12.6 Å². The molecule has 0 spiro atoms. The molecule has 0 heterocycles. The molecule has 94 valence electrons. The summed E-state index contributed by atoms with van der Waals surface area (Å²) in [5.74, 6) is 5.41. The first-order chi connectivity index (χ1) is 8.78. The Hall–Kier alpha value is -1.99. The van der Waals surface area contributed by atoms with Gasteiger partial charge in [-0.15, -0.1) is 0 Å². The Kier molecular flexibility index (Phi) is 4.21. The van der Waals surface area contributed by atoms with Crippen molar-refractivity contribution in [3.05, 3.63) is 35.4 Å². The van der Waals surface area contributed by atoms with E-state index in [1.807, 2.05) is 24.3 Å². The smallest absolute Gasteiger partial charge is 0.315 e. The topological polar surface area (TPSA) is 61.4 Å². The van der Waals surface area contributed by atoms with Crippen molar-refractivity contribution < 1.29 is 9.90 Å². The maximum atomic E-state index is 11.4. The molecule has 2 amide bonds. The van der Waals surface area contributed by atoms with Crippen LogP contribution in [0.5, 0.6) is 0 Å². The average molecular weight is 244 g/mol. The van der Waals surface area contributed by atoms with Crippen LogP contribution in [0.4, 0.5) is 4.79 Å². The minimum absolute atomic E-state index is 0.110. The van der Waals surface area contributed by atoms with Crippen molar-refractivity contribution in [2.45, 2.75) is 25.4 Å². The summed E-state index contributed by atoms with van der Waals surface area (Å²) in [5, 5.41) is 14.2. The van der Waals surface area contributed by atoms with E-state index < -0.39 is 0 Å². The van der Waals surface area contributed by atoms with Gasteiger partial charge < -0.3 is 15.7 Å². The third-order valence-electron chi connectivity index (χ3n) is 2.63. The molecule has 1 fully saturated rings. The number of aliphatic hydroxyl groups is 1. The Bertz CT molecular complexity index is 467. The van der Waals surface area contributed by atoms with Crippen molar-refractivity contribution in [3.63, 3.8) is 0 Å². The number of aliphatic hydroxyl groups excluding tert-OH is 1. The molecule has 18 heavy (non-hydrogen) atoms. The molecule has 1 saturated carbocycles. The monoisotopic (exact) mass is 244 g/mol. The predicted octanol–water partition coefficient (Wildman–Crippen LogP) is 0.992. The number of nitrogens with one attached hydrogen (secondary N) is 2. The van der Waals surface area contributed by atoms with Crippen LogP contribution < -0.4 is 10.6 Å². The summed E-state index contributed by atoms with van der Waals surface area (Å²) in [5.41, 5.74) is 1.88. The molecule has 0 radical (unpaired) electrons. The Balaban J connectivity index is 1.80. The SMILES string of the molecule is O=C(NCc1ccc(C#CCO)cc1)NC1CC1. The van der Waals surface area contributed by atoms with Crippen molar-refractivity contribution in [3.8, 4) is 11.8 Å². The molecule has 1 aliphatic rings. The van der Waals surface area contributed by atoms with Crippen molar-refractivity contribution >= 4 is 6.03 Å². The number of carbonyl (C=O) groups excluding carboxylic acids is 1. The fraction of sp³-hybridized carbons (Fsp3) is 0.357. The summed E-state index contributed by atoms with van der Waals surface area (Å²) in [6, 6.07) is 7.84. The zero-order valence-corrected chi connectivity index (χ0v) is 10.1. The van der Waals surface area contributed by atoms with E-state index in [4.69, 9.17) is 5.11 Å². The molecule has 4 heteroatoms. The van der Waals surface area contributed by atoms with Crippen LogP contribution >= 0.6 is 0 Å². The van der Waals surface area contributed by atoms with Crippen molar-refractivity contribution in [1.82, 2.24) is 10.6 Å². The number of amides is 2. The maximum Gasteiger partial charge on any atom is 0.315 e. The Morgan fingerprint density at radius 3 is 2.67 bits per heavy atom. The minimum Gasteiger partial charge on any atom is -0.384 e. The molecule has 0 unspecified atom stereocenters. The first kappa shape index (κ1) is 12.5. The van der Waals surface area contributed by atoms with Gasteiger partial charge in [0.1, 0.15) is 6.61 Å². The van der Waals surface area contributed by atoms with E-state index in [-0.39, 0.29) is 12.6 Å². The lowest BCUT2D eigenvalue weighted by molar-refractivity contribution is 0.240.